The van der Waals surface area contributed by atoms with Crippen molar-refractivity contribution >= 4 is 28.1 Å². The molecular formula is C12H13ClFN3S. The fourth-order valence-electron chi connectivity index (χ4n) is 1.57. The summed E-state index contributed by atoms with van der Waals surface area (Å²) < 4.78 is 13.0. The van der Waals surface area contributed by atoms with E-state index in [9.17, 15) is 4.39 Å². The lowest BCUT2D eigenvalue weighted by atomic mass is 10.1. The van der Waals surface area contributed by atoms with Crippen LogP contribution in [0, 0.1) is 5.82 Å². The van der Waals surface area contributed by atoms with Gasteiger partial charge in [0.2, 0.25) is 5.13 Å². The molecule has 0 bridgehead atoms. The first-order valence-corrected chi connectivity index (χ1v) is 6.83. The number of anilines is 1. The lowest BCUT2D eigenvalue weighted by Gasteiger charge is -2.14. The van der Waals surface area contributed by atoms with Crippen LogP contribution in [-0.4, -0.2) is 10.2 Å². The Balaban J connectivity index is 2.13. The van der Waals surface area contributed by atoms with Crippen LogP contribution in [0.5, 0.6) is 0 Å². The number of hydrogen-bond acceptors (Lipinski definition) is 4. The minimum atomic E-state index is -0.333. The molecule has 1 aromatic carbocycles. The number of hydrogen-bond donors (Lipinski definition) is 1. The van der Waals surface area contributed by atoms with Crippen LogP contribution < -0.4 is 5.32 Å². The maximum Gasteiger partial charge on any atom is 0.206 e. The van der Waals surface area contributed by atoms with Crippen molar-refractivity contribution < 1.29 is 4.39 Å². The Hall–Kier alpha value is -1.20. The Labute approximate surface area is 114 Å². The van der Waals surface area contributed by atoms with Gasteiger partial charge >= 0.3 is 0 Å². The summed E-state index contributed by atoms with van der Waals surface area (Å²) in [5.74, 6) is -0.333. The summed E-state index contributed by atoms with van der Waals surface area (Å²) >= 11 is 7.52. The van der Waals surface area contributed by atoms with Gasteiger partial charge in [-0.05, 0) is 31.0 Å². The normalized spacial score (nSPS) is 12.4. The lowest BCUT2D eigenvalue weighted by Crippen LogP contribution is -2.07. The van der Waals surface area contributed by atoms with Crippen molar-refractivity contribution in [2.45, 2.75) is 26.3 Å². The third-order valence-electron chi connectivity index (χ3n) is 2.54. The fraction of sp³-hybridized carbons (Fsp3) is 0.333. The molecule has 18 heavy (non-hydrogen) atoms. The van der Waals surface area contributed by atoms with E-state index in [1.54, 1.807) is 6.07 Å². The summed E-state index contributed by atoms with van der Waals surface area (Å²) in [5, 5.41) is 13.4. The highest BCUT2D eigenvalue weighted by atomic mass is 35.5. The second-order valence-electron chi connectivity index (χ2n) is 3.89. The van der Waals surface area contributed by atoms with Crippen molar-refractivity contribution in [3.63, 3.8) is 0 Å². The molecule has 0 aliphatic heterocycles. The third-order valence-corrected chi connectivity index (χ3v) is 3.86. The van der Waals surface area contributed by atoms with Crippen molar-refractivity contribution in [1.82, 2.24) is 10.2 Å². The van der Waals surface area contributed by atoms with E-state index < -0.39 is 0 Å². The quantitative estimate of drug-likeness (QED) is 0.920. The van der Waals surface area contributed by atoms with Crippen molar-refractivity contribution in [3.8, 4) is 0 Å². The molecule has 0 spiro atoms. The van der Waals surface area contributed by atoms with E-state index in [1.165, 1.54) is 23.5 Å². The second kappa shape index (κ2) is 5.63. The highest BCUT2D eigenvalue weighted by molar-refractivity contribution is 7.15. The van der Waals surface area contributed by atoms with Crippen molar-refractivity contribution in [2.75, 3.05) is 5.32 Å². The Bertz CT molecular complexity index is 544. The zero-order valence-electron chi connectivity index (χ0n) is 10.1. The Morgan fingerprint density at radius 3 is 2.83 bits per heavy atom. The van der Waals surface area contributed by atoms with Gasteiger partial charge in [0.1, 0.15) is 10.8 Å². The van der Waals surface area contributed by atoms with E-state index >= 15 is 0 Å². The van der Waals surface area contributed by atoms with Gasteiger partial charge in [-0.2, -0.15) is 0 Å². The first kappa shape index (κ1) is 13.2. The standard InChI is InChI=1S/C12H13ClFN3S/c1-3-11-16-17-12(18-11)15-7(2)9-5-4-8(14)6-10(9)13/h4-7H,3H2,1-2H3,(H,15,17). The van der Waals surface area contributed by atoms with Crippen LogP contribution in [0.4, 0.5) is 9.52 Å². The number of benzene rings is 1. The highest BCUT2D eigenvalue weighted by Crippen LogP contribution is 2.27. The Morgan fingerprint density at radius 1 is 1.44 bits per heavy atom. The molecule has 96 valence electrons. The maximum atomic E-state index is 13.0. The molecule has 0 saturated heterocycles. The molecule has 0 amide bonds. The molecule has 1 unspecified atom stereocenters. The van der Waals surface area contributed by atoms with E-state index in [1.807, 2.05) is 13.8 Å². The molecule has 6 heteroatoms. The molecule has 1 N–H and O–H groups in total. The van der Waals surface area contributed by atoms with Crippen LogP contribution in [0.1, 0.15) is 30.5 Å². The first-order chi connectivity index (χ1) is 8.60. The number of nitrogens with one attached hydrogen (secondary N) is 1. The van der Waals surface area contributed by atoms with Gasteiger partial charge in [0.05, 0.1) is 6.04 Å². The van der Waals surface area contributed by atoms with Gasteiger partial charge in [-0.15, -0.1) is 10.2 Å². The summed E-state index contributed by atoms with van der Waals surface area (Å²) in [5.41, 5.74) is 0.839. The molecule has 0 aliphatic carbocycles. The maximum absolute atomic E-state index is 13.0. The van der Waals surface area contributed by atoms with Gasteiger partial charge in [0.25, 0.3) is 0 Å². The lowest BCUT2D eigenvalue weighted by molar-refractivity contribution is 0.626. The third kappa shape index (κ3) is 2.97. The number of rotatable bonds is 4. The molecule has 0 fully saturated rings. The van der Waals surface area contributed by atoms with Gasteiger partial charge in [0, 0.05) is 5.02 Å². The fourth-order valence-corrected chi connectivity index (χ4v) is 2.67. The SMILES string of the molecule is CCc1nnc(NC(C)c2ccc(F)cc2Cl)s1. The van der Waals surface area contributed by atoms with E-state index in [4.69, 9.17) is 11.6 Å². The molecule has 2 aromatic rings. The van der Waals surface area contributed by atoms with E-state index in [0.717, 1.165) is 22.1 Å². The number of halogens is 2. The van der Waals surface area contributed by atoms with Gasteiger partial charge in [0.15, 0.2) is 0 Å². The summed E-state index contributed by atoms with van der Waals surface area (Å²) in [7, 11) is 0. The first-order valence-electron chi connectivity index (χ1n) is 5.64. The Morgan fingerprint density at radius 2 is 2.22 bits per heavy atom. The number of nitrogens with zero attached hydrogens (tertiary/aromatic N) is 2. The van der Waals surface area contributed by atoms with Gasteiger partial charge in [-0.25, -0.2) is 4.39 Å². The van der Waals surface area contributed by atoms with Crippen molar-refractivity contribution in [3.05, 3.63) is 39.6 Å². The molecule has 1 heterocycles. The summed E-state index contributed by atoms with van der Waals surface area (Å²) in [4.78, 5) is 0. The van der Waals surface area contributed by atoms with Gasteiger partial charge in [-0.1, -0.05) is 35.9 Å². The highest BCUT2D eigenvalue weighted by Gasteiger charge is 2.12. The second-order valence-corrected chi connectivity index (χ2v) is 5.36. The van der Waals surface area contributed by atoms with Crippen LogP contribution in [0.25, 0.3) is 0 Å². The van der Waals surface area contributed by atoms with Crippen LogP contribution in [0.3, 0.4) is 0 Å². The minimum Gasteiger partial charge on any atom is -0.354 e. The van der Waals surface area contributed by atoms with Crippen molar-refractivity contribution in [2.24, 2.45) is 0 Å². The molecular weight excluding hydrogens is 273 g/mol. The van der Waals surface area contributed by atoms with E-state index in [0.29, 0.717) is 5.02 Å². The summed E-state index contributed by atoms with van der Waals surface area (Å²) in [6, 6.07) is 4.34. The molecule has 1 atom stereocenters. The predicted octanol–water partition coefficient (Wildman–Crippen LogP) is 4.07. The predicted molar refractivity (Wildman–Crippen MR) is 72.7 cm³/mol. The topological polar surface area (TPSA) is 37.8 Å². The zero-order chi connectivity index (χ0) is 13.1. The van der Waals surface area contributed by atoms with Crippen LogP contribution in [0.2, 0.25) is 5.02 Å². The molecule has 0 aliphatic rings. The summed E-state index contributed by atoms with van der Waals surface area (Å²) in [6.07, 6.45) is 0.866. The van der Waals surface area contributed by atoms with Crippen molar-refractivity contribution in [1.29, 1.82) is 0 Å². The minimum absolute atomic E-state index is 0.0456. The average Bonchev–Trinajstić information content (AvgIpc) is 2.76. The van der Waals surface area contributed by atoms with E-state index in [-0.39, 0.29) is 11.9 Å². The smallest absolute Gasteiger partial charge is 0.206 e. The summed E-state index contributed by atoms with van der Waals surface area (Å²) in [6.45, 7) is 3.98. The molecule has 1 aromatic heterocycles. The Kier molecular flexibility index (Phi) is 4.14. The monoisotopic (exact) mass is 285 g/mol. The zero-order valence-corrected chi connectivity index (χ0v) is 11.6. The van der Waals surface area contributed by atoms with Crippen LogP contribution >= 0.6 is 22.9 Å². The van der Waals surface area contributed by atoms with Gasteiger partial charge < -0.3 is 5.32 Å². The van der Waals surface area contributed by atoms with Crippen LogP contribution in [0.15, 0.2) is 18.2 Å². The molecule has 3 nitrogen and oxygen atoms in total. The van der Waals surface area contributed by atoms with E-state index in [2.05, 4.69) is 15.5 Å². The number of aryl methyl sites for hydroxylation is 1. The number of aromatic nitrogens is 2. The van der Waals surface area contributed by atoms with Crippen LogP contribution in [-0.2, 0) is 6.42 Å². The largest absolute Gasteiger partial charge is 0.354 e. The molecule has 2 rings (SSSR count). The van der Waals surface area contributed by atoms with Gasteiger partial charge in [-0.3, -0.25) is 0 Å². The average molecular weight is 286 g/mol. The molecule has 0 saturated carbocycles. The molecule has 0 radical (unpaired) electrons.